The molecular formula is C15H14FN5O. The molecule has 112 valence electrons. The summed E-state index contributed by atoms with van der Waals surface area (Å²) in [4.78, 5) is 12.3. The first-order valence-corrected chi connectivity index (χ1v) is 6.66. The van der Waals surface area contributed by atoms with Gasteiger partial charge in [-0.2, -0.15) is 10.2 Å². The molecule has 1 amide bonds. The van der Waals surface area contributed by atoms with Gasteiger partial charge in [0.2, 0.25) is 0 Å². The zero-order chi connectivity index (χ0) is 15.7. The largest absolute Gasteiger partial charge is 0.305 e. The summed E-state index contributed by atoms with van der Waals surface area (Å²) in [5, 5.41) is 11.1. The summed E-state index contributed by atoms with van der Waals surface area (Å²) < 4.78 is 16.1. The van der Waals surface area contributed by atoms with Gasteiger partial charge in [0.1, 0.15) is 17.3 Å². The molecular weight excluding hydrogens is 285 g/mol. The van der Waals surface area contributed by atoms with E-state index in [4.69, 9.17) is 0 Å². The second kappa shape index (κ2) is 5.44. The maximum absolute atomic E-state index is 13.0. The highest BCUT2D eigenvalue weighted by atomic mass is 19.1. The minimum atomic E-state index is -0.326. The van der Waals surface area contributed by atoms with E-state index in [0.717, 1.165) is 5.69 Å². The van der Waals surface area contributed by atoms with Crippen LogP contribution in [0.4, 0.5) is 10.2 Å². The average molecular weight is 299 g/mol. The number of anilines is 1. The van der Waals surface area contributed by atoms with Gasteiger partial charge in [0.05, 0.1) is 11.4 Å². The number of aryl methyl sites for hydroxylation is 2. The fraction of sp³-hybridized carbons (Fsp3) is 0.133. The third kappa shape index (κ3) is 2.60. The number of halogens is 1. The molecule has 3 rings (SSSR count). The first kappa shape index (κ1) is 14.0. The topological polar surface area (TPSA) is 64.7 Å². The van der Waals surface area contributed by atoms with Crippen LogP contribution in [0.2, 0.25) is 0 Å². The van der Waals surface area contributed by atoms with Gasteiger partial charge in [0.15, 0.2) is 0 Å². The van der Waals surface area contributed by atoms with Crippen molar-refractivity contribution in [2.75, 3.05) is 5.32 Å². The van der Waals surface area contributed by atoms with E-state index in [-0.39, 0.29) is 11.7 Å². The van der Waals surface area contributed by atoms with Crippen LogP contribution in [0, 0.1) is 12.7 Å². The lowest BCUT2D eigenvalue weighted by atomic mass is 10.3. The Bertz CT molecular complexity index is 819. The van der Waals surface area contributed by atoms with Crippen LogP contribution in [0.3, 0.4) is 0 Å². The summed E-state index contributed by atoms with van der Waals surface area (Å²) in [6, 6.07) is 9.26. The Balaban J connectivity index is 1.93. The fourth-order valence-electron chi connectivity index (χ4n) is 2.14. The van der Waals surface area contributed by atoms with Crippen molar-refractivity contribution in [3.05, 3.63) is 59.8 Å². The van der Waals surface area contributed by atoms with E-state index in [9.17, 15) is 9.18 Å². The van der Waals surface area contributed by atoms with Gasteiger partial charge in [0, 0.05) is 19.3 Å². The average Bonchev–Trinajstić information content (AvgIpc) is 3.06. The highest BCUT2D eigenvalue weighted by Gasteiger charge is 2.14. The molecule has 0 spiro atoms. The number of hydrogen-bond acceptors (Lipinski definition) is 3. The van der Waals surface area contributed by atoms with Crippen LogP contribution in [0.25, 0.3) is 5.69 Å². The minimum Gasteiger partial charge on any atom is -0.305 e. The number of amides is 1. The molecule has 7 heteroatoms. The molecule has 0 aliphatic carbocycles. The number of rotatable bonds is 3. The Kier molecular flexibility index (Phi) is 3.46. The predicted octanol–water partition coefficient (Wildman–Crippen LogP) is 2.31. The Morgan fingerprint density at radius 2 is 1.95 bits per heavy atom. The van der Waals surface area contributed by atoms with Crippen molar-refractivity contribution >= 4 is 11.7 Å². The van der Waals surface area contributed by atoms with Gasteiger partial charge in [-0.25, -0.2) is 9.07 Å². The van der Waals surface area contributed by atoms with E-state index in [0.29, 0.717) is 17.2 Å². The van der Waals surface area contributed by atoms with Crippen molar-refractivity contribution in [1.82, 2.24) is 19.6 Å². The van der Waals surface area contributed by atoms with Crippen molar-refractivity contribution in [3.8, 4) is 5.69 Å². The molecule has 0 saturated heterocycles. The number of benzene rings is 1. The smallest absolute Gasteiger partial charge is 0.275 e. The van der Waals surface area contributed by atoms with Gasteiger partial charge in [-0.15, -0.1) is 0 Å². The molecule has 0 atom stereocenters. The van der Waals surface area contributed by atoms with Crippen molar-refractivity contribution in [2.45, 2.75) is 6.92 Å². The highest BCUT2D eigenvalue weighted by Crippen LogP contribution is 2.18. The standard InChI is InChI=1S/C15H14FN5O/c1-10-9-14(18-15(22)13-7-8-17-20(13)2)21(19-10)12-5-3-11(16)4-6-12/h3-9H,1-2H3,(H,18,22). The lowest BCUT2D eigenvalue weighted by molar-refractivity contribution is 0.101. The summed E-state index contributed by atoms with van der Waals surface area (Å²) >= 11 is 0. The number of aromatic nitrogens is 4. The second-order valence-corrected chi connectivity index (χ2v) is 4.85. The molecule has 1 aromatic carbocycles. The molecule has 0 fully saturated rings. The van der Waals surface area contributed by atoms with Crippen molar-refractivity contribution in [2.24, 2.45) is 7.05 Å². The van der Waals surface area contributed by atoms with Crippen molar-refractivity contribution in [3.63, 3.8) is 0 Å². The Labute approximate surface area is 126 Å². The lowest BCUT2D eigenvalue weighted by Crippen LogP contribution is -2.18. The second-order valence-electron chi connectivity index (χ2n) is 4.85. The van der Waals surface area contributed by atoms with Gasteiger partial charge < -0.3 is 5.32 Å². The molecule has 0 aliphatic heterocycles. The van der Waals surface area contributed by atoms with E-state index in [2.05, 4.69) is 15.5 Å². The number of nitrogens with zero attached hydrogens (tertiary/aromatic N) is 4. The van der Waals surface area contributed by atoms with Gasteiger partial charge in [-0.05, 0) is 37.3 Å². The first-order chi connectivity index (χ1) is 10.5. The molecule has 2 heterocycles. The fourth-order valence-corrected chi connectivity index (χ4v) is 2.14. The molecule has 3 aromatic rings. The summed E-state index contributed by atoms with van der Waals surface area (Å²) in [5.74, 6) is -0.105. The third-order valence-corrected chi connectivity index (χ3v) is 3.20. The van der Waals surface area contributed by atoms with Gasteiger partial charge >= 0.3 is 0 Å². The summed E-state index contributed by atoms with van der Waals surface area (Å²) in [7, 11) is 1.69. The monoisotopic (exact) mass is 299 g/mol. The summed E-state index contributed by atoms with van der Waals surface area (Å²) in [5.41, 5.74) is 1.84. The van der Waals surface area contributed by atoms with Crippen molar-refractivity contribution in [1.29, 1.82) is 0 Å². The first-order valence-electron chi connectivity index (χ1n) is 6.66. The molecule has 0 radical (unpaired) electrons. The van der Waals surface area contributed by atoms with Crippen LogP contribution < -0.4 is 5.32 Å². The zero-order valence-electron chi connectivity index (χ0n) is 12.1. The van der Waals surface area contributed by atoms with E-state index in [1.54, 1.807) is 42.2 Å². The minimum absolute atomic E-state index is 0.289. The molecule has 2 aromatic heterocycles. The molecule has 1 N–H and O–H groups in total. The van der Waals surface area contributed by atoms with Crippen LogP contribution in [-0.2, 0) is 7.05 Å². The van der Waals surface area contributed by atoms with Crippen LogP contribution in [0.1, 0.15) is 16.2 Å². The number of nitrogens with one attached hydrogen (secondary N) is 1. The van der Waals surface area contributed by atoms with Crippen molar-refractivity contribution < 1.29 is 9.18 Å². The maximum Gasteiger partial charge on any atom is 0.275 e. The quantitative estimate of drug-likeness (QED) is 0.807. The molecule has 0 saturated carbocycles. The number of hydrogen-bond donors (Lipinski definition) is 1. The Hall–Kier alpha value is -2.96. The highest BCUT2D eigenvalue weighted by molar-refractivity contribution is 6.02. The SMILES string of the molecule is Cc1cc(NC(=O)c2ccnn2C)n(-c2ccc(F)cc2)n1. The molecule has 0 bridgehead atoms. The normalized spacial score (nSPS) is 10.7. The summed E-state index contributed by atoms with van der Waals surface area (Å²) in [6.45, 7) is 1.82. The number of carbonyl (C=O) groups excluding carboxylic acids is 1. The lowest BCUT2D eigenvalue weighted by Gasteiger charge is -2.09. The molecule has 0 aliphatic rings. The van der Waals surface area contributed by atoms with Gasteiger partial charge in [-0.3, -0.25) is 9.48 Å². The predicted molar refractivity (Wildman–Crippen MR) is 79.4 cm³/mol. The summed E-state index contributed by atoms with van der Waals surface area (Å²) in [6.07, 6.45) is 1.55. The Morgan fingerprint density at radius 1 is 1.23 bits per heavy atom. The van der Waals surface area contributed by atoms with E-state index in [1.165, 1.54) is 16.8 Å². The van der Waals surface area contributed by atoms with Crippen LogP contribution >= 0.6 is 0 Å². The molecule has 22 heavy (non-hydrogen) atoms. The van der Waals surface area contributed by atoms with E-state index in [1.807, 2.05) is 6.92 Å². The van der Waals surface area contributed by atoms with Crippen LogP contribution in [-0.4, -0.2) is 25.5 Å². The molecule has 6 nitrogen and oxygen atoms in total. The van der Waals surface area contributed by atoms with E-state index >= 15 is 0 Å². The third-order valence-electron chi connectivity index (χ3n) is 3.20. The Morgan fingerprint density at radius 3 is 2.59 bits per heavy atom. The van der Waals surface area contributed by atoms with Crippen LogP contribution in [0.15, 0.2) is 42.6 Å². The molecule has 0 unspecified atom stereocenters. The maximum atomic E-state index is 13.0. The zero-order valence-corrected chi connectivity index (χ0v) is 12.1. The van der Waals surface area contributed by atoms with Crippen LogP contribution in [0.5, 0.6) is 0 Å². The number of carbonyl (C=O) groups is 1. The van der Waals surface area contributed by atoms with E-state index < -0.39 is 0 Å². The van der Waals surface area contributed by atoms with Gasteiger partial charge in [0.25, 0.3) is 5.91 Å². The van der Waals surface area contributed by atoms with Gasteiger partial charge in [-0.1, -0.05) is 0 Å².